The van der Waals surface area contributed by atoms with Gasteiger partial charge in [-0.05, 0) is 63.7 Å². The Morgan fingerprint density at radius 1 is 1.19 bits per heavy atom. The zero-order valence-electron chi connectivity index (χ0n) is 24.6. The maximum absolute atomic E-state index is 16.4. The third-order valence-electron chi connectivity index (χ3n) is 8.81. The topological polar surface area (TPSA) is 86.6 Å². The van der Waals surface area contributed by atoms with Gasteiger partial charge in [-0.3, -0.25) is 4.98 Å². The van der Waals surface area contributed by atoms with E-state index in [4.69, 9.17) is 19.1 Å². The quantitative estimate of drug-likeness (QED) is 0.345. The SMILES string of the molecule is [2H]C([2H])(Oc1nc(N2CC3CCC2CN3)c2cnc(-c3cc(O)cc(Cl)c3C(F)(F)F)c(F)c2n1)C1(CN2CCCC2)CC1. The summed E-state index contributed by atoms with van der Waals surface area (Å²) in [6.45, 7) is 1.32. The van der Waals surface area contributed by atoms with E-state index in [1.54, 1.807) is 0 Å². The van der Waals surface area contributed by atoms with Crippen LogP contribution in [0.2, 0.25) is 5.02 Å². The number of aromatic hydroxyl groups is 1. The number of hydrogen-bond acceptors (Lipinski definition) is 8. The van der Waals surface area contributed by atoms with Crippen LogP contribution in [0.25, 0.3) is 22.2 Å². The van der Waals surface area contributed by atoms with Gasteiger partial charge in [0, 0.05) is 48.9 Å². The molecule has 4 aliphatic heterocycles. The predicted octanol–water partition coefficient (Wildman–Crippen LogP) is 5.40. The molecule has 6 heterocycles. The van der Waals surface area contributed by atoms with Crippen molar-refractivity contribution >= 4 is 28.3 Å². The molecule has 0 amide bonds. The third kappa shape index (κ3) is 5.11. The Balaban J connectivity index is 1.36. The van der Waals surface area contributed by atoms with Crippen molar-refractivity contribution in [2.75, 3.05) is 44.2 Å². The number of nitrogens with one attached hydrogen (secondary N) is 1. The number of hydrogen-bond donors (Lipinski definition) is 2. The van der Waals surface area contributed by atoms with E-state index in [0.717, 1.165) is 50.9 Å². The van der Waals surface area contributed by atoms with Crippen LogP contribution in [0.4, 0.5) is 23.4 Å². The molecule has 4 saturated heterocycles. The van der Waals surface area contributed by atoms with Gasteiger partial charge < -0.3 is 25.0 Å². The number of fused-ring (bicyclic) bond motifs is 4. The number of likely N-dealkylation sites (tertiary alicyclic amines) is 1. The molecule has 0 spiro atoms. The van der Waals surface area contributed by atoms with Crippen molar-refractivity contribution in [1.29, 1.82) is 0 Å². The number of rotatable bonds is 7. The van der Waals surface area contributed by atoms with Gasteiger partial charge in [0.25, 0.3) is 0 Å². The Morgan fingerprint density at radius 2 is 1.98 bits per heavy atom. The van der Waals surface area contributed by atoms with Crippen LogP contribution >= 0.6 is 11.6 Å². The average molecular weight is 609 g/mol. The van der Waals surface area contributed by atoms with Crippen molar-refractivity contribution in [3.05, 3.63) is 34.7 Å². The molecule has 42 heavy (non-hydrogen) atoms. The van der Waals surface area contributed by atoms with E-state index < -0.39 is 57.6 Å². The zero-order chi connectivity index (χ0) is 31.0. The first-order valence-electron chi connectivity index (χ1n) is 15.2. The van der Waals surface area contributed by atoms with E-state index in [-0.39, 0.29) is 28.8 Å². The van der Waals surface area contributed by atoms with Crippen LogP contribution in [-0.4, -0.2) is 76.3 Å². The Morgan fingerprint density at radius 3 is 2.62 bits per heavy atom. The molecule has 1 saturated carbocycles. The average Bonchev–Trinajstić information content (AvgIpc) is 3.58. The van der Waals surface area contributed by atoms with E-state index in [9.17, 15) is 18.3 Å². The monoisotopic (exact) mass is 608 g/mol. The van der Waals surface area contributed by atoms with Crippen LogP contribution in [0.3, 0.4) is 0 Å². The summed E-state index contributed by atoms with van der Waals surface area (Å²) in [6.07, 6.45) is 1.37. The van der Waals surface area contributed by atoms with Gasteiger partial charge in [-0.2, -0.15) is 23.1 Å². The summed E-state index contributed by atoms with van der Waals surface area (Å²) in [5.74, 6) is -1.50. The molecule has 3 aromatic rings. The number of benzene rings is 1. The normalized spacial score (nSPS) is 24.6. The van der Waals surface area contributed by atoms with Gasteiger partial charge >= 0.3 is 12.2 Å². The lowest BCUT2D eigenvalue weighted by atomic mass is 9.93. The molecule has 2 unspecified atom stereocenters. The minimum absolute atomic E-state index is 0.0112. The standard InChI is InChI=1S/C29H31ClF4N6O2/c30-21-10-18(41)9-19(22(21)29(32,33)34)24-23(31)25-20(12-36-24)26(40-13-16-3-4-17(40)11-35-16)38-27(37-25)42-15-28(5-6-28)14-39-7-1-2-8-39/h9-10,12,16-17,35,41H,1-8,11,13-15H2/i15D2. The lowest BCUT2D eigenvalue weighted by Crippen LogP contribution is -2.61. The lowest BCUT2D eigenvalue weighted by molar-refractivity contribution is -0.137. The molecule has 1 aromatic carbocycles. The molecular weight excluding hydrogens is 576 g/mol. The highest BCUT2D eigenvalue weighted by molar-refractivity contribution is 6.32. The number of phenols is 1. The molecule has 2 aromatic heterocycles. The van der Waals surface area contributed by atoms with Gasteiger partial charge in [-0.25, -0.2) is 4.39 Å². The first kappa shape index (κ1) is 25.5. The fourth-order valence-corrected chi connectivity index (χ4v) is 6.80. The van der Waals surface area contributed by atoms with Gasteiger partial charge in [0.1, 0.15) is 22.8 Å². The van der Waals surface area contributed by atoms with Gasteiger partial charge in [0.05, 0.1) is 25.3 Å². The van der Waals surface area contributed by atoms with Crippen LogP contribution in [-0.2, 0) is 6.18 Å². The second-order valence-electron chi connectivity index (χ2n) is 11.8. The minimum atomic E-state index is -4.97. The van der Waals surface area contributed by atoms with Crippen LogP contribution in [0.15, 0.2) is 18.3 Å². The molecule has 2 bridgehead atoms. The molecule has 0 radical (unpaired) electrons. The number of ether oxygens (including phenoxy) is 1. The molecule has 2 N–H and O–H groups in total. The molecule has 13 heteroatoms. The number of pyridine rings is 1. The molecular formula is C29H31ClF4N6O2. The van der Waals surface area contributed by atoms with Crippen LogP contribution in [0, 0.1) is 11.2 Å². The summed E-state index contributed by atoms with van der Waals surface area (Å²) in [7, 11) is 0. The number of nitrogens with zero attached hydrogens (tertiary/aromatic N) is 5. The van der Waals surface area contributed by atoms with E-state index in [2.05, 4.69) is 25.2 Å². The van der Waals surface area contributed by atoms with Crippen LogP contribution in [0.1, 0.15) is 46.8 Å². The van der Waals surface area contributed by atoms with Crippen molar-refractivity contribution in [3.8, 4) is 23.0 Å². The number of halogens is 5. The number of phenolic OH excluding ortho intramolecular Hbond substituents is 1. The molecule has 8 rings (SSSR count). The molecule has 5 fully saturated rings. The highest BCUT2D eigenvalue weighted by atomic mass is 35.5. The van der Waals surface area contributed by atoms with Crippen molar-refractivity contribution < 1.29 is 30.1 Å². The van der Waals surface area contributed by atoms with E-state index in [0.29, 0.717) is 32.5 Å². The fraction of sp³-hybridized carbons (Fsp3) is 0.552. The number of piperazine rings is 1. The smallest absolute Gasteiger partial charge is 0.418 e. The molecule has 5 aliphatic rings. The summed E-state index contributed by atoms with van der Waals surface area (Å²) >= 11 is 5.88. The van der Waals surface area contributed by atoms with Crippen LogP contribution in [0.5, 0.6) is 11.8 Å². The largest absolute Gasteiger partial charge is 0.508 e. The zero-order valence-corrected chi connectivity index (χ0v) is 23.4. The van der Waals surface area contributed by atoms with E-state index in [1.165, 1.54) is 6.20 Å². The summed E-state index contributed by atoms with van der Waals surface area (Å²) in [6, 6.07) is 1.26. The molecule has 224 valence electrons. The summed E-state index contributed by atoms with van der Waals surface area (Å²) < 4.78 is 82.3. The summed E-state index contributed by atoms with van der Waals surface area (Å²) in [4.78, 5) is 17.1. The van der Waals surface area contributed by atoms with Gasteiger partial charge in [0.15, 0.2) is 5.82 Å². The number of alkyl halides is 3. The Labute approximate surface area is 247 Å². The van der Waals surface area contributed by atoms with Gasteiger partial charge in [-0.15, -0.1) is 0 Å². The first-order chi connectivity index (χ1) is 20.8. The number of aromatic nitrogens is 3. The summed E-state index contributed by atoms with van der Waals surface area (Å²) in [5, 5.41) is 12.9. The molecule has 8 nitrogen and oxygen atoms in total. The fourth-order valence-electron chi connectivity index (χ4n) is 6.48. The van der Waals surface area contributed by atoms with Crippen LogP contribution < -0.4 is 15.0 Å². The van der Waals surface area contributed by atoms with Gasteiger partial charge in [-0.1, -0.05) is 11.6 Å². The highest BCUT2D eigenvalue weighted by Gasteiger charge is 2.45. The van der Waals surface area contributed by atoms with Crippen molar-refractivity contribution in [1.82, 2.24) is 25.2 Å². The van der Waals surface area contributed by atoms with Crippen molar-refractivity contribution in [2.45, 2.75) is 56.8 Å². The molecule has 1 aliphatic carbocycles. The minimum Gasteiger partial charge on any atom is -0.508 e. The van der Waals surface area contributed by atoms with E-state index >= 15 is 4.39 Å². The van der Waals surface area contributed by atoms with Crippen molar-refractivity contribution in [3.63, 3.8) is 0 Å². The maximum Gasteiger partial charge on any atom is 0.418 e. The van der Waals surface area contributed by atoms with Gasteiger partial charge in [0.2, 0.25) is 0 Å². The Kier molecular flexibility index (Phi) is 6.29. The Hall–Kier alpha value is -2.96. The number of piperidine rings is 2. The summed E-state index contributed by atoms with van der Waals surface area (Å²) in [5.41, 5.74) is -3.94. The first-order valence-corrected chi connectivity index (χ1v) is 14.6. The highest BCUT2D eigenvalue weighted by Crippen LogP contribution is 2.48. The number of anilines is 1. The maximum atomic E-state index is 16.4. The second kappa shape index (κ2) is 10.3. The van der Waals surface area contributed by atoms with E-state index in [1.807, 2.05) is 4.90 Å². The van der Waals surface area contributed by atoms with Crippen molar-refractivity contribution in [2.24, 2.45) is 5.41 Å². The predicted molar refractivity (Wildman–Crippen MR) is 149 cm³/mol. The molecule has 2 atom stereocenters. The Bertz CT molecular complexity index is 1610. The third-order valence-corrected chi connectivity index (χ3v) is 9.11. The lowest BCUT2D eigenvalue weighted by Gasteiger charge is -2.46. The second-order valence-corrected chi connectivity index (χ2v) is 12.2.